The van der Waals surface area contributed by atoms with E-state index in [0.29, 0.717) is 29.2 Å². The van der Waals surface area contributed by atoms with E-state index in [1.165, 1.54) is 6.07 Å². The van der Waals surface area contributed by atoms with Crippen LogP contribution in [0.5, 0.6) is 0 Å². The number of benzene rings is 1. The molecule has 1 aromatic heterocycles. The Labute approximate surface area is 163 Å². The van der Waals surface area contributed by atoms with E-state index in [4.69, 9.17) is 4.42 Å². The predicted octanol–water partition coefficient (Wildman–Crippen LogP) is 2.85. The van der Waals surface area contributed by atoms with Crippen LogP contribution in [0.15, 0.2) is 39.5 Å². The third kappa shape index (κ3) is 3.32. The molecule has 28 heavy (non-hydrogen) atoms. The lowest BCUT2D eigenvalue weighted by atomic mass is 9.67. The Morgan fingerprint density at radius 3 is 2.82 bits per heavy atom. The molecule has 1 aliphatic carbocycles. The second-order valence-electron chi connectivity index (χ2n) is 8.11. The second kappa shape index (κ2) is 7.41. The van der Waals surface area contributed by atoms with Gasteiger partial charge < -0.3 is 15.1 Å². The van der Waals surface area contributed by atoms with Gasteiger partial charge >= 0.3 is 0 Å². The van der Waals surface area contributed by atoms with Crippen LogP contribution < -0.4 is 16.1 Å². The van der Waals surface area contributed by atoms with Gasteiger partial charge in [-0.15, -0.1) is 0 Å². The largest absolute Gasteiger partial charge is 0.451 e. The molecule has 6 heteroatoms. The fourth-order valence-electron chi connectivity index (χ4n) is 4.98. The molecule has 0 spiro atoms. The summed E-state index contributed by atoms with van der Waals surface area (Å²) in [7, 11) is 0. The second-order valence-corrected chi connectivity index (χ2v) is 8.11. The number of carbonyl (C=O) groups excluding carboxylic acids is 2. The number of amides is 2. The lowest BCUT2D eigenvalue weighted by molar-refractivity contribution is -0.133. The average Bonchev–Trinajstić information content (AvgIpc) is 2.68. The number of fused-ring (bicyclic) bond motifs is 2. The summed E-state index contributed by atoms with van der Waals surface area (Å²) in [6, 6.07) is 8.19. The maximum absolute atomic E-state index is 12.7. The number of hydrogen-bond donors (Lipinski definition) is 2. The van der Waals surface area contributed by atoms with Crippen LogP contribution in [0.3, 0.4) is 0 Å². The van der Waals surface area contributed by atoms with Gasteiger partial charge in [-0.05, 0) is 49.7 Å². The summed E-state index contributed by atoms with van der Waals surface area (Å²) in [6.07, 6.45) is 3.40. The van der Waals surface area contributed by atoms with E-state index in [2.05, 4.69) is 24.5 Å². The van der Waals surface area contributed by atoms with E-state index in [1.54, 1.807) is 24.3 Å². The highest BCUT2D eigenvalue weighted by Crippen LogP contribution is 2.38. The molecule has 148 valence electrons. The molecular weight excluding hydrogens is 356 g/mol. The van der Waals surface area contributed by atoms with E-state index in [9.17, 15) is 14.4 Å². The van der Waals surface area contributed by atoms with Gasteiger partial charge in [-0.2, -0.15) is 0 Å². The summed E-state index contributed by atoms with van der Waals surface area (Å²) in [4.78, 5) is 37.2. The first kappa shape index (κ1) is 18.7. The van der Waals surface area contributed by atoms with Crippen LogP contribution in [0.25, 0.3) is 11.0 Å². The van der Waals surface area contributed by atoms with Gasteiger partial charge in [0, 0.05) is 24.1 Å². The molecule has 5 atom stereocenters. The van der Waals surface area contributed by atoms with Crippen molar-refractivity contribution in [1.82, 2.24) is 10.6 Å². The molecule has 6 nitrogen and oxygen atoms in total. The average molecular weight is 382 g/mol. The smallest absolute Gasteiger partial charge is 0.287 e. The highest BCUT2D eigenvalue weighted by atomic mass is 16.3. The van der Waals surface area contributed by atoms with Gasteiger partial charge in [0.15, 0.2) is 11.2 Å². The fraction of sp³-hybridized carbons (Fsp3) is 0.500. The topological polar surface area (TPSA) is 88.4 Å². The molecule has 5 unspecified atom stereocenters. The summed E-state index contributed by atoms with van der Waals surface area (Å²) in [5.41, 5.74) is 0.178. The number of rotatable bonds is 3. The first-order chi connectivity index (χ1) is 13.5. The van der Waals surface area contributed by atoms with Gasteiger partial charge in [0.05, 0.1) is 5.39 Å². The molecule has 1 saturated heterocycles. The zero-order valence-electron chi connectivity index (χ0n) is 16.2. The summed E-state index contributed by atoms with van der Waals surface area (Å²) >= 11 is 0. The van der Waals surface area contributed by atoms with Crippen molar-refractivity contribution in [2.24, 2.45) is 17.8 Å². The van der Waals surface area contributed by atoms with Crippen LogP contribution in [-0.4, -0.2) is 23.9 Å². The Balaban J connectivity index is 1.47. The lowest BCUT2D eigenvalue weighted by Crippen LogP contribution is -2.58. The normalized spacial score (nSPS) is 29.8. The zero-order chi connectivity index (χ0) is 19.8. The lowest BCUT2D eigenvalue weighted by Gasteiger charge is -2.46. The van der Waals surface area contributed by atoms with Gasteiger partial charge in [0.25, 0.3) is 5.91 Å². The van der Waals surface area contributed by atoms with E-state index < -0.39 is 0 Å². The summed E-state index contributed by atoms with van der Waals surface area (Å²) in [5.74, 6) is 0.669. The van der Waals surface area contributed by atoms with Crippen molar-refractivity contribution in [3.63, 3.8) is 0 Å². The van der Waals surface area contributed by atoms with E-state index in [1.807, 2.05) is 0 Å². The van der Waals surface area contributed by atoms with Gasteiger partial charge in [-0.3, -0.25) is 14.4 Å². The van der Waals surface area contributed by atoms with Crippen molar-refractivity contribution in [3.8, 4) is 0 Å². The van der Waals surface area contributed by atoms with Crippen molar-refractivity contribution >= 4 is 22.8 Å². The number of nitrogens with one attached hydrogen (secondary N) is 2. The van der Waals surface area contributed by atoms with Gasteiger partial charge in [-0.25, -0.2) is 0 Å². The fourth-order valence-corrected chi connectivity index (χ4v) is 4.98. The van der Waals surface area contributed by atoms with Crippen molar-refractivity contribution in [1.29, 1.82) is 0 Å². The van der Waals surface area contributed by atoms with E-state index in [0.717, 1.165) is 19.3 Å². The van der Waals surface area contributed by atoms with Crippen LogP contribution in [-0.2, 0) is 4.79 Å². The van der Waals surface area contributed by atoms with Crippen molar-refractivity contribution in [2.45, 2.75) is 51.6 Å². The molecule has 2 heterocycles. The SMILES string of the molecule is CCC1C(=O)NC2CC(NC(=O)c3cc(=O)c4ccccc4o3)CCC2C1C. The van der Waals surface area contributed by atoms with Crippen LogP contribution in [0.1, 0.15) is 50.1 Å². The molecule has 2 fully saturated rings. The zero-order valence-corrected chi connectivity index (χ0v) is 16.2. The predicted molar refractivity (Wildman–Crippen MR) is 106 cm³/mol. The molecule has 0 bridgehead atoms. The van der Waals surface area contributed by atoms with Crippen LogP contribution >= 0.6 is 0 Å². The number of piperidine rings is 1. The quantitative estimate of drug-likeness (QED) is 0.854. The third-order valence-corrected chi connectivity index (χ3v) is 6.51. The minimum absolute atomic E-state index is 0.0259. The maximum atomic E-state index is 12.7. The summed E-state index contributed by atoms with van der Waals surface area (Å²) < 4.78 is 5.63. The molecular formula is C22H26N2O4. The first-order valence-corrected chi connectivity index (χ1v) is 10.1. The summed E-state index contributed by atoms with van der Waals surface area (Å²) in [5, 5.41) is 6.62. The number of para-hydroxylation sites is 1. The van der Waals surface area contributed by atoms with Crippen LogP contribution in [0.4, 0.5) is 0 Å². The van der Waals surface area contributed by atoms with Crippen LogP contribution in [0.2, 0.25) is 0 Å². The summed E-state index contributed by atoms with van der Waals surface area (Å²) in [6.45, 7) is 4.23. The number of hydrogen-bond acceptors (Lipinski definition) is 4. The molecule has 2 aliphatic rings. The molecule has 1 aliphatic heterocycles. The Bertz CT molecular complexity index is 966. The number of carbonyl (C=O) groups is 2. The van der Waals surface area contributed by atoms with Crippen molar-refractivity contribution < 1.29 is 14.0 Å². The Morgan fingerprint density at radius 2 is 2.04 bits per heavy atom. The molecule has 4 rings (SSSR count). The van der Waals surface area contributed by atoms with Gasteiger partial charge in [0.1, 0.15) is 5.58 Å². The molecule has 1 aromatic carbocycles. The minimum atomic E-state index is -0.382. The Morgan fingerprint density at radius 1 is 1.25 bits per heavy atom. The van der Waals surface area contributed by atoms with E-state index >= 15 is 0 Å². The molecule has 2 amide bonds. The minimum Gasteiger partial charge on any atom is -0.451 e. The van der Waals surface area contributed by atoms with Gasteiger partial charge in [-0.1, -0.05) is 26.0 Å². The highest BCUT2D eigenvalue weighted by molar-refractivity contribution is 5.93. The Hall–Kier alpha value is -2.63. The maximum Gasteiger partial charge on any atom is 0.287 e. The monoisotopic (exact) mass is 382 g/mol. The van der Waals surface area contributed by atoms with Crippen molar-refractivity contribution in [3.05, 3.63) is 46.3 Å². The third-order valence-electron chi connectivity index (χ3n) is 6.51. The molecule has 1 saturated carbocycles. The first-order valence-electron chi connectivity index (χ1n) is 10.1. The highest BCUT2D eigenvalue weighted by Gasteiger charge is 2.43. The van der Waals surface area contributed by atoms with E-state index in [-0.39, 0.29) is 41.0 Å². The van der Waals surface area contributed by atoms with Crippen LogP contribution in [0, 0.1) is 17.8 Å². The Kier molecular flexibility index (Phi) is 4.96. The molecule has 2 aromatic rings. The van der Waals surface area contributed by atoms with Gasteiger partial charge in [0.2, 0.25) is 5.91 Å². The molecule has 2 N–H and O–H groups in total. The standard InChI is InChI=1S/C22H26N2O4/c1-3-14-12(2)15-9-8-13(10-17(15)24-21(14)26)23-22(27)20-11-18(25)16-6-4-5-7-19(16)28-20/h4-7,11-15,17H,3,8-10H2,1-2H3,(H,23,27)(H,24,26). The van der Waals surface area contributed by atoms with Crippen molar-refractivity contribution in [2.75, 3.05) is 0 Å². The molecule has 0 radical (unpaired) electrons.